The maximum Gasteiger partial charge on any atom is 0.159 e. The molecular formula is C39H42INO4. The summed E-state index contributed by atoms with van der Waals surface area (Å²) in [6.07, 6.45) is 9.83. The highest BCUT2D eigenvalue weighted by atomic mass is 127. The van der Waals surface area contributed by atoms with E-state index in [9.17, 15) is 14.9 Å². The SMILES string of the molecule is CC(=O)c1ccc2c(C#N)c(OC3CCC(C)CC3)ccc2c1.CC(=O)c1ccc2c(I)c(OC3CCC(C)CC3)ccc2c1. The fourth-order valence-electron chi connectivity index (χ4n) is 6.38. The monoisotopic (exact) mass is 715 g/mol. The number of halogens is 1. The summed E-state index contributed by atoms with van der Waals surface area (Å²) in [7, 11) is 0. The topological polar surface area (TPSA) is 76.4 Å². The molecule has 0 saturated heterocycles. The van der Waals surface area contributed by atoms with E-state index in [4.69, 9.17) is 9.47 Å². The van der Waals surface area contributed by atoms with Crippen LogP contribution in [0.25, 0.3) is 21.5 Å². The summed E-state index contributed by atoms with van der Waals surface area (Å²) in [5.41, 5.74) is 1.99. The lowest BCUT2D eigenvalue weighted by atomic mass is 9.89. The number of benzene rings is 4. The van der Waals surface area contributed by atoms with Crippen LogP contribution in [0.15, 0.2) is 60.7 Å². The number of ether oxygens (including phenoxy) is 2. The summed E-state index contributed by atoms with van der Waals surface area (Å²) in [4.78, 5) is 23.0. The molecule has 234 valence electrons. The van der Waals surface area contributed by atoms with Crippen molar-refractivity contribution >= 4 is 55.7 Å². The van der Waals surface area contributed by atoms with Crippen LogP contribution in [0.5, 0.6) is 11.5 Å². The Morgan fingerprint density at radius 3 is 1.60 bits per heavy atom. The van der Waals surface area contributed by atoms with Crippen molar-refractivity contribution in [2.24, 2.45) is 11.8 Å². The van der Waals surface area contributed by atoms with Crippen LogP contribution >= 0.6 is 22.6 Å². The molecule has 2 saturated carbocycles. The number of carbonyl (C=O) groups excluding carboxylic acids is 2. The third kappa shape index (κ3) is 8.05. The van der Waals surface area contributed by atoms with E-state index in [1.165, 1.54) is 25.7 Å². The summed E-state index contributed by atoms with van der Waals surface area (Å²) in [6, 6.07) is 21.5. The van der Waals surface area contributed by atoms with Gasteiger partial charge in [-0.15, -0.1) is 0 Å². The van der Waals surface area contributed by atoms with Gasteiger partial charge < -0.3 is 9.47 Å². The van der Waals surface area contributed by atoms with Gasteiger partial charge in [-0.2, -0.15) is 5.26 Å². The zero-order valence-corrected chi connectivity index (χ0v) is 28.9. The van der Waals surface area contributed by atoms with Crippen LogP contribution in [0.4, 0.5) is 0 Å². The normalized spacial score (nSPS) is 21.3. The molecular weight excluding hydrogens is 673 g/mol. The lowest BCUT2D eigenvalue weighted by Crippen LogP contribution is -2.23. The fourth-order valence-corrected chi connectivity index (χ4v) is 7.18. The van der Waals surface area contributed by atoms with Crippen LogP contribution in [0, 0.1) is 26.7 Å². The third-order valence-corrected chi connectivity index (χ3v) is 10.5. The number of carbonyl (C=O) groups is 2. The number of hydrogen-bond acceptors (Lipinski definition) is 5. The van der Waals surface area contributed by atoms with E-state index in [1.807, 2.05) is 48.5 Å². The molecule has 0 radical (unpaired) electrons. The van der Waals surface area contributed by atoms with Gasteiger partial charge in [0.25, 0.3) is 0 Å². The summed E-state index contributed by atoms with van der Waals surface area (Å²) in [5.74, 6) is 3.38. The predicted molar refractivity (Wildman–Crippen MR) is 189 cm³/mol. The van der Waals surface area contributed by atoms with Crippen molar-refractivity contribution in [3.8, 4) is 17.6 Å². The summed E-state index contributed by atoms with van der Waals surface area (Å²) in [6.45, 7) is 7.75. The Morgan fingerprint density at radius 2 is 1.11 bits per heavy atom. The number of rotatable bonds is 6. The van der Waals surface area contributed by atoms with E-state index >= 15 is 0 Å². The van der Waals surface area contributed by atoms with Crippen molar-refractivity contribution < 1.29 is 19.1 Å². The molecule has 6 rings (SSSR count). The molecule has 0 bridgehead atoms. The minimum atomic E-state index is 0.0297. The molecule has 0 atom stereocenters. The highest BCUT2D eigenvalue weighted by molar-refractivity contribution is 14.1. The second-order valence-corrected chi connectivity index (χ2v) is 14.0. The first-order valence-electron chi connectivity index (χ1n) is 16.2. The molecule has 2 aliphatic rings. The molecule has 0 aliphatic heterocycles. The molecule has 0 heterocycles. The largest absolute Gasteiger partial charge is 0.489 e. The predicted octanol–water partition coefficient (Wildman–Crippen LogP) is 10.5. The number of fused-ring (bicyclic) bond motifs is 2. The fraction of sp³-hybridized carbons (Fsp3) is 0.410. The molecule has 0 spiro atoms. The van der Waals surface area contributed by atoms with Gasteiger partial charge in [-0.1, -0.05) is 50.2 Å². The van der Waals surface area contributed by atoms with E-state index < -0.39 is 0 Å². The lowest BCUT2D eigenvalue weighted by molar-refractivity contribution is 0.100. The van der Waals surface area contributed by atoms with Crippen molar-refractivity contribution in [2.45, 2.75) is 91.3 Å². The minimum absolute atomic E-state index is 0.0297. The molecule has 0 unspecified atom stereocenters. The average Bonchev–Trinajstić information content (AvgIpc) is 3.04. The smallest absolute Gasteiger partial charge is 0.159 e. The van der Waals surface area contributed by atoms with Crippen LogP contribution in [-0.2, 0) is 0 Å². The molecule has 45 heavy (non-hydrogen) atoms. The van der Waals surface area contributed by atoms with Crippen molar-refractivity contribution in [1.29, 1.82) is 5.26 Å². The highest BCUT2D eigenvalue weighted by Gasteiger charge is 2.22. The van der Waals surface area contributed by atoms with Gasteiger partial charge in [0.2, 0.25) is 0 Å². The zero-order valence-electron chi connectivity index (χ0n) is 26.7. The Morgan fingerprint density at radius 1 is 0.667 bits per heavy atom. The first-order chi connectivity index (χ1) is 21.6. The Balaban J connectivity index is 0.000000178. The van der Waals surface area contributed by atoms with Gasteiger partial charge in [0.05, 0.1) is 15.8 Å². The number of hydrogen-bond donors (Lipinski definition) is 0. The molecule has 0 N–H and O–H groups in total. The second kappa shape index (κ2) is 14.8. The van der Waals surface area contributed by atoms with Gasteiger partial charge in [-0.25, -0.2) is 0 Å². The number of ketones is 2. The Kier molecular flexibility index (Phi) is 10.8. The Bertz CT molecular complexity index is 1740. The molecule has 5 nitrogen and oxygen atoms in total. The van der Waals surface area contributed by atoms with Crippen molar-refractivity contribution in [1.82, 2.24) is 0 Å². The zero-order chi connectivity index (χ0) is 32.1. The first kappa shape index (κ1) is 32.9. The number of nitrogens with zero attached hydrogens (tertiary/aromatic N) is 1. The molecule has 2 aliphatic carbocycles. The maximum absolute atomic E-state index is 11.5. The average molecular weight is 716 g/mol. The summed E-state index contributed by atoms with van der Waals surface area (Å²) >= 11 is 2.36. The quantitative estimate of drug-likeness (QED) is 0.147. The van der Waals surface area contributed by atoms with Crippen LogP contribution in [0.2, 0.25) is 0 Å². The van der Waals surface area contributed by atoms with Crippen molar-refractivity contribution in [2.75, 3.05) is 0 Å². The van der Waals surface area contributed by atoms with E-state index in [-0.39, 0.29) is 17.7 Å². The van der Waals surface area contributed by atoms with Crippen LogP contribution < -0.4 is 9.47 Å². The van der Waals surface area contributed by atoms with Crippen molar-refractivity contribution in [3.05, 3.63) is 80.9 Å². The Labute approximate surface area is 280 Å². The summed E-state index contributed by atoms with van der Waals surface area (Å²) in [5, 5.41) is 13.6. The molecule has 0 aromatic heterocycles. The van der Waals surface area contributed by atoms with E-state index in [0.29, 0.717) is 23.0 Å². The Hall–Kier alpha value is -3.44. The first-order valence-corrected chi connectivity index (χ1v) is 17.2. The van der Waals surface area contributed by atoms with Gasteiger partial charge in [0.1, 0.15) is 23.1 Å². The minimum Gasteiger partial charge on any atom is -0.489 e. The standard InChI is InChI=1S/C20H21NO2.C19H21IO2/c1-13-3-7-17(8-4-13)23-20-10-6-16-11-15(14(2)22)5-9-18(16)19(20)12-21;1-12-3-7-16(8-4-12)22-18-10-6-15-11-14(13(2)21)5-9-17(15)19(18)20/h5-6,9-11,13,17H,3-4,7-8H2,1-2H3;5-6,9-12,16H,3-4,7-8H2,1-2H3. The molecule has 0 amide bonds. The second-order valence-electron chi connectivity index (χ2n) is 12.9. The van der Waals surface area contributed by atoms with Crippen LogP contribution in [0.1, 0.15) is 105 Å². The molecule has 4 aromatic rings. The molecule has 4 aromatic carbocycles. The van der Waals surface area contributed by atoms with Crippen LogP contribution in [-0.4, -0.2) is 23.8 Å². The van der Waals surface area contributed by atoms with E-state index in [2.05, 4.69) is 48.6 Å². The maximum atomic E-state index is 11.5. The van der Waals surface area contributed by atoms with E-state index in [0.717, 1.165) is 73.9 Å². The van der Waals surface area contributed by atoms with Gasteiger partial charge in [-0.3, -0.25) is 9.59 Å². The van der Waals surface area contributed by atoms with Gasteiger partial charge >= 0.3 is 0 Å². The highest BCUT2D eigenvalue weighted by Crippen LogP contribution is 2.35. The van der Waals surface area contributed by atoms with Gasteiger partial charge in [-0.05, 0) is 140 Å². The van der Waals surface area contributed by atoms with Crippen LogP contribution in [0.3, 0.4) is 0 Å². The van der Waals surface area contributed by atoms with Gasteiger partial charge in [0.15, 0.2) is 11.6 Å². The molecule has 2 fully saturated rings. The molecule has 6 heteroatoms. The number of Topliss-reactive ketones (excluding diaryl/α,β-unsaturated/α-hetero) is 2. The van der Waals surface area contributed by atoms with Crippen molar-refractivity contribution in [3.63, 3.8) is 0 Å². The summed E-state index contributed by atoms with van der Waals surface area (Å²) < 4.78 is 13.5. The third-order valence-electron chi connectivity index (χ3n) is 9.34. The van der Waals surface area contributed by atoms with E-state index in [1.54, 1.807) is 19.9 Å². The number of nitriles is 1. The lowest BCUT2D eigenvalue weighted by Gasteiger charge is -2.27. The van der Waals surface area contributed by atoms with Gasteiger partial charge in [0, 0.05) is 16.5 Å².